The van der Waals surface area contributed by atoms with Gasteiger partial charge in [0.15, 0.2) is 0 Å². The zero-order valence-electron chi connectivity index (χ0n) is 12.7. The van der Waals surface area contributed by atoms with Crippen molar-refractivity contribution >= 4 is 9.84 Å². The molecule has 22 heavy (non-hydrogen) atoms. The van der Waals surface area contributed by atoms with Crippen LogP contribution in [0.15, 0.2) is 29.7 Å². The van der Waals surface area contributed by atoms with Gasteiger partial charge < -0.3 is 0 Å². The monoisotopic (exact) mass is 318 g/mol. The molecule has 0 amide bonds. The Morgan fingerprint density at radius 1 is 1.32 bits per heavy atom. The van der Waals surface area contributed by atoms with Crippen LogP contribution >= 0.6 is 0 Å². The number of nitrogens with zero attached hydrogens (tertiary/aromatic N) is 4. The third kappa shape index (κ3) is 3.15. The number of aromatic nitrogens is 3. The summed E-state index contributed by atoms with van der Waals surface area (Å²) >= 11 is 0. The molecule has 0 bridgehead atoms. The number of fused-ring (bicyclic) bond motifs is 1. The molecule has 0 aliphatic carbocycles. The van der Waals surface area contributed by atoms with Gasteiger partial charge in [0.25, 0.3) is 0 Å². The third-order valence-corrected chi connectivity index (χ3v) is 4.69. The Kier molecular flexibility index (Phi) is 3.92. The lowest BCUT2D eigenvalue weighted by molar-refractivity contribution is 0.241. The molecule has 0 radical (unpaired) electrons. The van der Waals surface area contributed by atoms with E-state index in [0.717, 1.165) is 49.3 Å². The van der Waals surface area contributed by atoms with Gasteiger partial charge in [-0.3, -0.25) is 9.88 Å². The van der Waals surface area contributed by atoms with Crippen LogP contribution in [0.25, 0.3) is 0 Å². The van der Waals surface area contributed by atoms with E-state index in [1.165, 1.54) is 5.56 Å². The maximum atomic E-state index is 11.5. The van der Waals surface area contributed by atoms with Crippen molar-refractivity contribution in [3.8, 4) is 0 Å². The Balaban J connectivity index is 1.79. The first kappa shape index (κ1) is 15.1. The Hall–Kier alpha value is -1.86. The fourth-order valence-corrected chi connectivity index (χ4v) is 3.12. The second-order valence-electron chi connectivity index (χ2n) is 5.61. The van der Waals surface area contributed by atoms with E-state index in [1.807, 2.05) is 13.0 Å². The smallest absolute Gasteiger partial charge is 0.246 e. The maximum absolute atomic E-state index is 11.5. The fourth-order valence-electron chi connectivity index (χ4n) is 2.60. The molecule has 3 rings (SSSR count). The van der Waals surface area contributed by atoms with Gasteiger partial charge >= 0.3 is 0 Å². The predicted octanol–water partition coefficient (Wildman–Crippen LogP) is 1.14. The first-order chi connectivity index (χ1) is 10.4. The highest BCUT2D eigenvalue weighted by molar-refractivity contribution is 7.90. The van der Waals surface area contributed by atoms with Gasteiger partial charge in [0.2, 0.25) is 15.0 Å². The van der Waals surface area contributed by atoms with Crippen LogP contribution in [0.4, 0.5) is 0 Å². The van der Waals surface area contributed by atoms with Gasteiger partial charge in [0, 0.05) is 56.0 Å². The van der Waals surface area contributed by atoms with E-state index in [-0.39, 0.29) is 5.16 Å². The maximum Gasteiger partial charge on any atom is 0.246 e. The predicted molar refractivity (Wildman–Crippen MR) is 81.9 cm³/mol. The Labute approximate surface area is 130 Å². The van der Waals surface area contributed by atoms with E-state index in [0.29, 0.717) is 0 Å². The largest absolute Gasteiger partial charge is 0.294 e. The van der Waals surface area contributed by atoms with Crippen molar-refractivity contribution in [3.63, 3.8) is 0 Å². The SMILES string of the molecule is Cc1ncccc1CN1CCc2nc(S(C)(=O)=O)ncc2C1. The molecular formula is C15H18N4O2S. The molecule has 6 nitrogen and oxygen atoms in total. The lowest BCUT2D eigenvalue weighted by atomic mass is 10.1. The topological polar surface area (TPSA) is 76.1 Å². The van der Waals surface area contributed by atoms with Gasteiger partial charge in [0.1, 0.15) is 0 Å². The Morgan fingerprint density at radius 3 is 2.86 bits per heavy atom. The number of rotatable bonds is 3. The van der Waals surface area contributed by atoms with E-state index in [1.54, 1.807) is 12.4 Å². The third-order valence-electron chi connectivity index (χ3n) is 3.83. The van der Waals surface area contributed by atoms with Gasteiger partial charge in [-0.15, -0.1) is 0 Å². The second kappa shape index (κ2) is 5.73. The number of aryl methyl sites for hydroxylation is 1. The standard InChI is InChI=1S/C15H18N4O2S/c1-11-12(4-3-6-16-11)9-19-7-5-14-13(10-19)8-17-15(18-14)22(2,20)21/h3-4,6,8H,5,7,9-10H2,1-2H3. The van der Waals surface area contributed by atoms with Crippen molar-refractivity contribution < 1.29 is 8.42 Å². The summed E-state index contributed by atoms with van der Waals surface area (Å²) in [6, 6.07) is 4.03. The van der Waals surface area contributed by atoms with Crippen molar-refractivity contribution in [2.24, 2.45) is 0 Å². The molecule has 3 heterocycles. The van der Waals surface area contributed by atoms with E-state index >= 15 is 0 Å². The lowest BCUT2D eigenvalue weighted by Crippen LogP contribution is -2.31. The lowest BCUT2D eigenvalue weighted by Gasteiger charge is -2.28. The molecule has 2 aromatic rings. The number of hydrogen-bond acceptors (Lipinski definition) is 6. The fraction of sp³-hybridized carbons (Fsp3) is 0.400. The average molecular weight is 318 g/mol. The van der Waals surface area contributed by atoms with Crippen LogP contribution in [0.3, 0.4) is 0 Å². The van der Waals surface area contributed by atoms with Gasteiger partial charge in [0.05, 0.1) is 5.69 Å². The van der Waals surface area contributed by atoms with E-state index in [2.05, 4.69) is 25.9 Å². The van der Waals surface area contributed by atoms with Crippen LogP contribution in [-0.4, -0.2) is 41.1 Å². The summed E-state index contributed by atoms with van der Waals surface area (Å²) in [7, 11) is -3.35. The average Bonchev–Trinajstić information content (AvgIpc) is 2.48. The van der Waals surface area contributed by atoms with Crippen LogP contribution in [0.1, 0.15) is 22.5 Å². The number of hydrogen-bond donors (Lipinski definition) is 0. The van der Waals surface area contributed by atoms with Crippen molar-refractivity contribution in [3.05, 3.63) is 47.0 Å². The quantitative estimate of drug-likeness (QED) is 0.790. The number of pyridine rings is 1. The summed E-state index contributed by atoms with van der Waals surface area (Å²) in [6.45, 7) is 4.41. The van der Waals surface area contributed by atoms with Gasteiger partial charge in [-0.1, -0.05) is 6.07 Å². The zero-order chi connectivity index (χ0) is 15.7. The van der Waals surface area contributed by atoms with Gasteiger partial charge in [-0.2, -0.15) is 0 Å². The van der Waals surface area contributed by atoms with Crippen molar-refractivity contribution in [2.45, 2.75) is 31.6 Å². The minimum absolute atomic E-state index is 0.0807. The first-order valence-corrected chi connectivity index (χ1v) is 9.00. The molecule has 1 aliphatic rings. The molecule has 0 N–H and O–H groups in total. The van der Waals surface area contributed by atoms with E-state index in [9.17, 15) is 8.42 Å². The summed E-state index contributed by atoms with van der Waals surface area (Å²) in [5.74, 6) is 0. The highest BCUT2D eigenvalue weighted by Gasteiger charge is 2.21. The molecule has 0 fully saturated rings. The van der Waals surface area contributed by atoms with Gasteiger partial charge in [-0.25, -0.2) is 18.4 Å². The summed E-state index contributed by atoms with van der Waals surface area (Å²) in [6.07, 6.45) is 5.31. The minimum Gasteiger partial charge on any atom is -0.294 e. The van der Waals surface area contributed by atoms with Crippen LogP contribution in [0, 0.1) is 6.92 Å². The van der Waals surface area contributed by atoms with Gasteiger partial charge in [-0.05, 0) is 18.6 Å². The highest BCUT2D eigenvalue weighted by Crippen LogP contribution is 2.20. The van der Waals surface area contributed by atoms with Crippen LogP contribution in [0.5, 0.6) is 0 Å². The molecule has 2 aromatic heterocycles. The van der Waals surface area contributed by atoms with E-state index in [4.69, 9.17) is 0 Å². The molecule has 0 atom stereocenters. The van der Waals surface area contributed by atoms with Crippen molar-refractivity contribution in [1.82, 2.24) is 19.9 Å². The minimum atomic E-state index is -3.35. The van der Waals surface area contributed by atoms with Crippen molar-refractivity contribution in [2.75, 3.05) is 12.8 Å². The normalized spacial score (nSPS) is 15.5. The van der Waals surface area contributed by atoms with E-state index < -0.39 is 9.84 Å². The molecule has 0 spiro atoms. The first-order valence-electron chi connectivity index (χ1n) is 7.11. The van der Waals surface area contributed by atoms with Crippen LogP contribution < -0.4 is 0 Å². The summed E-state index contributed by atoms with van der Waals surface area (Å²) in [4.78, 5) is 14.8. The van der Waals surface area contributed by atoms with Crippen molar-refractivity contribution in [1.29, 1.82) is 0 Å². The molecule has 0 saturated heterocycles. The summed E-state index contributed by atoms with van der Waals surface area (Å²) < 4.78 is 23.0. The second-order valence-corrected chi connectivity index (χ2v) is 7.51. The zero-order valence-corrected chi connectivity index (χ0v) is 13.5. The Morgan fingerprint density at radius 2 is 2.14 bits per heavy atom. The molecule has 1 aliphatic heterocycles. The van der Waals surface area contributed by atoms with Crippen LogP contribution in [-0.2, 0) is 29.3 Å². The molecular weight excluding hydrogens is 300 g/mol. The summed E-state index contributed by atoms with van der Waals surface area (Å²) in [5.41, 5.74) is 4.09. The highest BCUT2D eigenvalue weighted by atomic mass is 32.2. The molecule has 0 unspecified atom stereocenters. The molecule has 0 aromatic carbocycles. The summed E-state index contributed by atoms with van der Waals surface area (Å²) in [5, 5.41) is -0.0807. The molecule has 7 heteroatoms. The molecule has 116 valence electrons. The molecule has 0 saturated carbocycles. The Bertz CT molecular complexity index is 805. The number of sulfone groups is 1. The van der Waals surface area contributed by atoms with Crippen LogP contribution in [0.2, 0.25) is 0 Å².